The number of hydrogen-bond acceptors (Lipinski definition) is 6. The van der Waals surface area contributed by atoms with Crippen LogP contribution < -0.4 is 10.6 Å². The number of nitrogens with zero attached hydrogens (tertiary/aromatic N) is 1. The summed E-state index contributed by atoms with van der Waals surface area (Å²) in [5.41, 5.74) is 0. The topological polar surface area (TPSA) is 91.7 Å². The van der Waals surface area contributed by atoms with Crippen LogP contribution in [0.3, 0.4) is 0 Å². The highest BCUT2D eigenvalue weighted by Gasteiger charge is 2.35. The lowest BCUT2D eigenvalue weighted by Crippen LogP contribution is -2.48. The molecular weight excluding hydrogens is 458 g/mol. The largest absolute Gasteiger partial charge is 0.464 e. The molecule has 0 radical (unpaired) electrons. The number of carbonyl (C=O) groups is 3. The van der Waals surface area contributed by atoms with E-state index in [0.717, 1.165) is 30.6 Å². The zero-order chi connectivity index (χ0) is 23.2. The van der Waals surface area contributed by atoms with Crippen LogP contribution in [0.4, 0.5) is 0 Å². The average molecular weight is 486 g/mol. The van der Waals surface area contributed by atoms with Gasteiger partial charge in [-0.25, -0.2) is 0 Å². The van der Waals surface area contributed by atoms with Gasteiger partial charge >= 0.3 is 0 Å². The number of furan rings is 1. The fraction of sp³-hybridized carbons (Fsp3) is 0.375. The average Bonchev–Trinajstić information content (AvgIpc) is 3.60. The van der Waals surface area contributed by atoms with Gasteiger partial charge in [0, 0.05) is 10.9 Å². The molecule has 4 rings (SSSR count). The van der Waals surface area contributed by atoms with Crippen LogP contribution in [0.2, 0.25) is 0 Å². The highest BCUT2D eigenvalue weighted by Crippen LogP contribution is 2.28. The summed E-state index contributed by atoms with van der Waals surface area (Å²) in [6.45, 7) is 1.84. The highest BCUT2D eigenvalue weighted by atomic mass is 32.1. The van der Waals surface area contributed by atoms with Crippen molar-refractivity contribution >= 4 is 40.4 Å². The Hall–Kier alpha value is -2.91. The first-order valence-corrected chi connectivity index (χ1v) is 12.8. The molecule has 1 aliphatic carbocycles. The first-order chi connectivity index (χ1) is 16.0. The van der Waals surface area contributed by atoms with Gasteiger partial charge in [-0.3, -0.25) is 14.4 Å². The number of amides is 3. The van der Waals surface area contributed by atoms with Gasteiger partial charge in [0.25, 0.3) is 11.8 Å². The van der Waals surface area contributed by atoms with Crippen LogP contribution in [0.1, 0.15) is 57.8 Å². The summed E-state index contributed by atoms with van der Waals surface area (Å²) in [7, 11) is 0. The molecule has 3 aromatic heterocycles. The van der Waals surface area contributed by atoms with Crippen molar-refractivity contribution < 1.29 is 18.8 Å². The minimum Gasteiger partial charge on any atom is -0.464 e. The van der Waals surface area contributed by atoms with Gasteiger partial charge in [-0.2, -0.15) is 0 Å². The summed E-state index contributed by atoms with van der Waals surface area (Å²) in [6, 6.07) is 10.0. The van der Waals surface area contributed by atoms with Gasteiger partial charge in [-0.15, -0.1) is 22.7 Å². The van der Waals surface area contributed by atoms with Crippen molar-refractivity contribution in [3.63, 3.8) is 0 Å². The fourth-order valence-corrected chi connectivity index (χ4v) is 5.36. The zero-order valence-electron chi connectivity index (χ0n) is 18.4. The molecule has 1 saturated carbocycles. The van der Waals surface area contributed by atoms with Gasteiger partial charge in [0.05, 0.1) is 18.0 Å². The molecule has 174 valence electrons. The number of rotatable bonds is 9. The van der Waals surface area contributed by atoms with E-state index in [9.17, 15) is 14.4 Å². The SMILES string of the molecule is Cc1ccc([C@H](C(=O)NC2CCCC2)N(Cc2cccs2)C(=O)CNC(=O)c2cccs2)o1. The Bertz CT molecular complexity index is 1070. The Morgan fingerprint density at radius 3 is 2.48 bits per heavy atom. The van der Waals surface area contributed by atoms with Crippen molar-refractivity contribution in [2.75, 3.05) is 6.54 Å². The van der Waals surface area contributed by atoms with Gasteiger partial charge in [0.2, 0.25) is 5.91 Å². The van der Waals surface area contributed by atoms with Gasteiger partial charge in [-0.05, 0) is 54.8 Å². The fourth-order valence-electron chi connectivity index (χ4n) is 4.02. The molecule has 0 unspecified atom stereocenters. The van der Waals surface area contributed by atoms with E-state index in [-0.39, 0.29) is 36.9 Å². The molecule has 1 fully saturated rings. The van der Waals surface area contributed by atoms with E-state index < -0.39 is 6.04 Å². The van der Waals surface area contributed by atoms with Crippen molar-refractivity contribution in [1.82, 2.24) is 15.5 Å². The van der Waals surface area contributed by atoms with Gasteiger partial charge in [-0.1, -0.05) is 25.0 Å². The summed E-state index contributed by atoms with van der Waals surface area (Å²) >= 11 is 2.82. The van der Waals surface area contributed by atoms with Crippen LogP contribution in [0.15, 0.2) is 51.6 Å². The van der Waals surface area contributed by atoms with Gasteiger partial charge in [0.15, 0.2) is 6.04 Å². The monoisotopic (exact) mass is 485 g/mol. The number of hydrogen-bond donors (Lipinski definition) is 2. The Morgan fingerprint density at radius 1 is 1.09 bits per heavy atom. The first kappa shape index (κ1) is 23.3. The van der Waals surface area contributed by atoms with Crippen LogP contribution in [0, 0.1) is 6.92 Å². The summed E-state index contributed by atoms with van der Waals surface area (Å²) in [6.07, 6.45) is 4.04. The van der Waals surface area contributed by atoms with E-state index in [4.69, 9.17) is 4.42 Å². The Morgan fingerprint density at radius 2 is 1.85 bits per heavy atom. The Labute approximate surface area is 200 Å². The Balaban J connectivity index is 1.58. The second-order valence-electron chi connectivity index (χ2n) is 8.10. The molecule has 0 spiro atoms. The van der Waals surface area contributed by atoms with Crippen molar-refractivity contribution in [1.29, 1.82) is 0 Å². The third-order valence-electron chi connectivity index (χ3n) is 5.66. The number of thiophene rings is 2. The standard InChI is InChI=1S/C24H27N3O4S2/c1-16-10-11-19(31-16)22(24(30)26-17-6-2-3-7-17)27(15-18-8-4-12-32-18)21(28)14-25-23(29)20-9-5-13-33-20/h4-5,8-13,17,22H,2-3,6-7,14-15H2,1H3,(H,25,29)(H,26,30)/t22-/m1/s1. The van der Waals surface area contributed by atoms with Gasteiger partial charge < -0.3 is 20.0 Å². The predicted octanol–water partition coefficient (Wildman–Crippen LogP) is 4.27. The summed E-state index contributed by atoms with van der Waals surface area (Å²) < 4.78 is 5.83. The normalized spacial score (nSPS) is 14.7. The minimum absolute atomic E-state index is 0.105. The highest BCUT2D eigenvalue weighted by molar-refractivity contribution is 7.12. The molecule has 33 heavy (non-hydrogen) atoms. The second kappa shape index (κ2) is 10.8. The molecular formula is C24H27N3O4S2. The number of aryl methyl sites for hydroxylation is 1. The molecule has 3 amide bonds. The van der Waals surface area contributed by atoms with Crippen LogP contribution in [-0.2, 0) is 16.1 Å². The summed E-state index contributed by atoms with van der Waals surface area (Å²) in [5.74, 6) is 0.158. The van der Waals surface area contributed by atoms with Crippen LogP contribution in [0.25, 0.3) is 0 Å². The van der Waals surface area contributed by atoms with E-state index in [1.807, 2.05) is 29.8 Å². The molecule has 3 heterocycles. The van der Waals surface area contributed by atoms with Crippen molar-refractivity contribution in [3.05, 3.63) is 68.4 Å². The lowest BCUT2D eigenvalue weighted by molar-refractivity contribution is -0.141. The maximum atomic E-state index is 13.5. The van der Waals surface area contributed by atoms with E-state index >= 15 is 0 Å². The lowest BCUT2D eigenvalue weighted by Gasteiger charge is -2.30. The van der Waals surface area contributed by atoms with Gasteiger partial charge in [0.1, 0.15) is 11.5 Å². The smallest absolute Gasteiger partial charge is 0.261 e. The van der Waals surface area contributed by atoms with Crippen molar-refractivity contribution in [3.8, 4) is 0 Å². The predicted molar refractivity (Wildman–Crippen MR) is 128 cm³/mol. The molecule has 3 aromatic rings. The number of nitrogens with one attached hydrogen (secondary N) is 2. The quantitative estimate of drug-likeness (QED) is 0.474. The minimum atomic E-state index is -0.924. The zero-order valence-corrected chi connectivity index (χ0v) is 20.0. The van der Waals surface area contributed by atoms with Crippen molar-refractivity contribution in [2.24, 2.45) is 0 Å². The lowest BCUT2D eigenvalue weighted by atomic mass is 10.1. The van der Waals surface area contributed by atoms with E-state index in [1.54, 1.807) is 24.3 Å². The maximum absolute atomic E-state index is 13.5. The maximum Gasteiger partial charge on any atom is 0.261 e. The van der Waals surface area contributed by atoms with Crippen LogP contribution in [-0.4, -0.2) is 35.2 Å². The summed E-state index contributed by atoms with van der Waals surface area (Å²) in [5, 5.41) is 9.54. The first-order valence-electron chi connectivity index (χ1n) is 11.0. The molecule has 7 nitrogen and oxygen atoms in total. The molecule has 0 aromatic carbocycles. The molecule has 0 saturated heterocycles. The molecule has 9 heteroatoms. The van der Waals surface area contributed by atoms with E-state index in [2.05, 4.69) is 10.6 Å². The molecule has 2 N–H and O–H groups in total. The summed E-state index contributed by atoms with van der Waals surface area (Å²) in [4.78, 5) is 42.2. The third kappa shape index (κ3) is 5.91. The van der Waals surface area contributed by atoms with Crippen molar-refractivity contribution in [2.45, 2.75) is 51.2 Å². The third-order valence-corrected chi connectivity index (χ3v) is 7.39. The molecule has 0 aliphatic heterocycles. The number of carbonyl (C=O) groups excluding carboxylic acids is 3. The Kier molecular flexibility index (Phi) is 7.61. The molecule has 1 aliphatic rings. The van der Waals surface area contributed by atoms with E-state index in [1.165, 1.54) is 27.6 Å². The molecule has 1 atom stereocenters. The van der Waals surface area contributed by atoms with Crippen LogP contribution in [0.5, 0.6) is 0 Å². The second-order valence-corrected chi connectivity index (χ2v) is 10.1. The molecule has 0 bridgehead atoms. The van der Waals surface area contributed by atoms with Crippen LogP contribution >= 0.6 is 22.7 Å². The van der Waals surface area contributed by atoms with E-state index in [0.29, 0.717) is 16.4 Å².